The second kappa shape index (κ2) is 7.37. The lowest BCUT2D eigenvalue weighted by molar-refractivity contribution is 0.582. The number of aryl methyl sites for hydroxylation is 3. The van der Waals surface area contributed by atoms with E-state index in [1.807, 2.05) is 24.5 Å². The summed E-state index contributed by atoms with van der Waals surface area (Å²) in [7, 11) is 1.78. The number of nitrogens with one attached hydrogen (secondary N) is 1. The Balaban J connectivity index is 2.38. The van der Waals surface area contributed by atoms with Crippen LogP contribution in [0.15, 0.2) is 21.7 Å². The van der Waals surface area contributed by atoms with Crippen LogP contribution in [-0.4, -0.2) is 32.7 Å². The highest BCUT2D eigenvalue weighted by Gasteiger charge is 2.21. The zero-order valence-electron chi connectivity index (χ0n) is 15.8. The molecule has 2 heterocycles. The Hall–Kier alpha value is -2.54. The second-order valence-electron chi connectivity index (χ2n) is 6.67. The van der Waals surface area contributed by atoms with Gasteiger partial charge in [0.05, 0.1) is 11.0 Å². The largest absolute Gasteiger partial charge is 0.352 e. The summed E-state index contributed by atoms with van der Waals surface area (Å²) >= 11 is 0. The van der Waals surface area contributed by atoms with E-state index in [0.717, 1.165) is 39.6 Å². The van der Waals surface area contributed by atoms with Crippen LogP contribution in [0.2, 0.25) is 0 Å². The highest BCUT2D eigenvalue weighted by molar-refractivity contribution is 5.81. The highest BCUT2D eigenvalue weighted by Crippen LogP contribution is 2.24. The number of hydrogen-bond acceptors (Lipinski definition) is 5. The fourth-order valence-corrected chi connectivity index (χ4v) is 3.09. The smallest absolute Gasteiger partial charge is 0.322 e. The van der Waals surface area contributed by atoms with E-state index in [1.165, 1.54) is 0 Å². The van der Waals surface area contributed by atoms with Crippen molar-refractivity contribution in [3.05, 3.63) is 44.1 Å². The van der Waals surface area contributed by atoms with E-state index in [-0.39, 0.29) is 17.8 Å². The highest BCUT2D eigenvalue weighted by atomic mass is 16.2. The third-order valence-electron chi connectivity index (χ3n) is 4.78. The molecule has 7 heteroatoms. The molecule has 138 valence electrons. The van der Waals surface area contributed by atoms with E-state index in [4.69, 9.17) is 0 Å². The average molecular weight is 355 g/mol. The summed E-state index contributed by atoms with van der Waals surface area (Å²) in [6.07, 6.45) is 1.94. The van der Waals surface area contributed by atoms with Gasteiger partial charge in [-0.25, -0.2) is 9.78 Å². The summed E-state index contributed by atoms with van der Waals surface area (Å²) in [6, 6.07) is 4.06. The molecule has 0 atom stereocenters. The molecule has 0 unspecified atom stereocenters. The number of hydrogen-bond donors (Lipinski definition) is 1. The SMILES string of the molecule is CCCCn1c2nc(=O)n(CCNC)c(=O)c-2nc2cc(C)c(C)cc21. The van der Waals surface area contributed by atoms with Crippen LogP contribution >= 0.6 is 0 Å². The lowest BCUT2D eigenvalue weighted by atomic mass is 10.1. The standard InChI is InChI=1S/C19H25N5O2/c1-5-6-8-23-15-11-13(3)12(2)10-14(15)21-16-17(23)22-19(26)24(18(16)25)9-7-20-4/h10-11,20H,5-9H2,1-4H3. The number of likely N-dealkylation sites (N-methyl/N-ethyl adjacent to an activating group) is 1. The van der Waals surface area contributed by atoms with Crippen LogP contribution in [0.1, 0.15) is 30.9 Å². The van der Waals surface area contributed by atoms with Crippen molar-refractivity contribution in [2.75, 3.05) is 13.6 Å². The van der Waals surface area contributed by atoms with Gasteiger partial charge in [-0.15, -0.1) is 0 Å². The van der Waals surface area contributed by atoms with Gasteiger partial charge in [-0.1, -0.05) is 13.3 Å². The molecule has 2 aliphatic rings. The number of fused-ring (bicyclic) bond motifs is 2. The van der Waals surface area contributed by atoms with Gasteiger partial charge in [0.2, 0.25) is 0 Å². The number of unbranched alkanes of at least 4 members (excludes halogenated alkanes) is 1. The van der Waals surface area contributed by atoms with E-state index < -0.39 is 5.69 Å². The minimum atomic E-state index is -0.520. The van der Waals surface area contributed by atoms with Gasteiger partial charge in [-0.3, -0.25) is 9.36 Å². The molecule has 26 heavy (non-hydrogen) atoms. The van der Waals surface area contributed by atoms with Crippen LogP contribution in [0, 0.1) is 13.8 Å². The lowest BCUT2D eigenvalue weighted by Crippen LogP contribution is -2.40. The maximum Gasteiger partial charge on any atom is 0.352 e. The lowest BCUT2D eigenvalue weighted by Gasteiger charge is -2.18. The van der Waals surface area contributed by atoms with E-state index in [9.17, 15) is 9.59 Å². The molecule has 0 fully saturated rings. The van der Waals surface area contributed by atoms with Crippen molar-refractivity contribution in [2.24, 2.45) is 0 Å². The molecule has 1 N–H and O–H groups in total. The predicted octanol–water partition coefficient (Wildman–Crippen LogP) is 1.69. The second-order valence-corrected chi connectivity index (χ2v) is 6.67. The zero-order valence-corrected chi connectivity index (χ0v) is 15.8. The molecule has 0 aliphatic carbocycles. The first-order valence-electron chi connectivity index (χ1n) is 9.04. The van der Waals surface area contributed by atoms with Crippen LogP contribution in [0.4, 0.5) is 0 Å². The molecule has 0 bridgehead atoms. The summed E-state index contributed by atoms with van der Waals surface area (Å²) in [5.74, 6) is 0.380. The molecule has 2 aliphatic heterocycles. The Morgan fingerprint density at radius 1 is 1.04 bits per heavy atom. The zero-order chi connectivity index (χ0) is 18.8. The maximum absolute atomic E-state index is 12.9. The minimum Gasteiger partial charge on any atom is -0.322 e. The third kappa shape index (κ3) is 3.14. The predicted molar refractivity (Wildman–Crippen MR) is 103 cm³/mol. The number of aromatic nitrogens is 4. The molecular weight excluding hydrogens is 330 g/mol. The molecule has 0 saturated heterocycles. The van der Waals surface area contributed by atoms with Gasteiger partial charge in [0, 0.05) is 19.6 Å². The number of rotatable bonds is 6. The van der Waals surface area contributed by atoms with Gasteiger partial charge >= 0.3 is 5.69 Å². The maximum atomic E-state index is 12.9. The first-order valence-corrected chi connectivity index (χ1v) is 9.04. The van der Waals surface area contributed by atoms with Crippen LogP contribution in [0.5, 0.6) is 0 Å². The van der Waals surface area contributed by atoms with Gasteiger partial charge in [-0.05, 0) is 50.6 Å². The van der Waals surface area contributed by atoms with E-state index in [1.54, 1.807) is 7.05 Å². The van der Waals surface area contributed by atoms with Gasteiger partial charge in [0.25, 0.3) is 5.56 Å². The van der Waals surface area contributed by atoms with E-state index >= 15 is 0 Å². The van der Waals surface area contributed by atoms with E-state index in [0.29, 0.717) is 18.9 Å². The van der Waals surface area contributed by atoms with Crippen molar-refractivity contribution in [3.63, 3.8) is 0 Å². The van der Waals surface area contributed by atoms with Crippen molar-refractivity contribution < 1.29 is 0 Å². The van der Waals surface area contributed by atoms with Crippen LogP contribution < -0.4 is 16.6 Å². The molecule has 0 aromatic heterocycles. The van der Waals surface area contributed by atoms with Gasteiger partial charge in [0.15, 0.2) is 11.5 Å². The van der Waals surface area contributed by atoms with E-state index in [2.05, 4.69) is 28.3 Å². The fraction of sp³-hybridized carbons (Fsp3) is 0.474. The molecule has 3 rings (SSSR count). The molecule has 0 saturated carbocycles. The topological polar surface area (TPSA) is 81.8 Å². The fourth-order valence-electron chi connectivity index (χ4n) is 3.09. The van der Waals surface area contributed by atoms with Crippen molar-refractivity contribution in [1.29, 1.82) is 0 Å². The molecule has 7 nitrogen and oxygen atoms in total. The Morgan fingerprint density at radius 2 is 1.77 bits per heavy atom. The summed E-state index contributed by atoms with van der Waals surface area (Å²) in [5.41, 5.74) is 3.30. The molecule has 0 amide bonds. The minimum absolute atomic E-state index is 0.257. The van der Waals surface area contributed by atoms with Gasteiger partial charge in [0.1, 0.15) is 0 Å². The summed E-state index contributed by atoms with van der Waals surface area (Å²) in [6.45, 7) is 7.68. The monoisotopic (exact) mass is 355 g/mol. The Bertz CT molecular complexity index is 1030. The van der Waals surface area contributed by atoms with Gasteiger partial charge < -0.3 is 9.88 Å². The van der Waals surface area contributed by atoms with Crippen molar-refractivity contribution >= 4 is 11.0 Å². The molecular formula is C19H25N5O2. The average Bonchev–Trinajstić information content (AvgIpc) is 2.61. The Kier molecular flexibility index (Phi) is 5.18. The quantitative estimate of drug-likeness (QED) is 0.681. The van der Waals surface area contributed by atoms with Crippen molar-refractivity contribution in [3.8, 4) is 11.5 Å². The first-order chi connectivity index (χ1) is 12.5. The summed E-state index contributed by atoms with van der Waals surface area (Å²) < 4.78 is 3.13. The van der Waals surface area contributed by atoms with Crippen molar-refractivity contribution in [2.45, 2.75) is 46.7 Å². The summed E-state index contributed by atoms with van der Waals surface area (Å²) in [5, 5.41) is 2.95. The summed E-state index contributed by atoms with van der Waals surface area (Å²) in [4.78, 5) is 34.1. The third-order valence-corrected chi connectivity index (χ3v) is 4.78. The molecule has 0 spiro atoms. The number of benzene rings is 1. The van der Waals surface area contributed by atoms with Crippen LogP contribution in [-0.2, 0) is 13.1 Å². The van der Waals surface area contributed by atoms with Crippen LogP contribution in [0.3, 0.4) is 0 Å². The Labute approximate surface area is 152 Å². The molecule has 1 aromatic carbocycles. The van der Waals surface area contributed by atoms with Crippen LogP contribution in [0.25, 0.3) is 22.6 Å². The molecule has 0 radical (unpaired) electrons. The molecule has 1 aromatic rings. The number of nitrogens with zero attached hydrogens (tertiary/aromatic N) is 4. The normalized spacial score (nSPS) is 11.5. The van der Waals surface area contributed by atoms with Crippen molar-refractivity contribution in [1.82, 2.24) is 24.4 Å². The Morgan fingerprint density at radius 3 is 2.46 bits per heavy atom. The van der Waals surface area contributed by atoms with Gasteiger partial charge in [-0.2, -0.15) is 4.98 Å². The first kappa shape index (κ1) is 18.3.